The second-order valence-corrected chi connectivity index (χ2v) is 5.87. The lowest BCUT2D eigenvalue weighted by Gasteiger charge is -2.17. The zero-order chi connectivity index (χ0) is 13.7. The fourth-order valence-corrected chi connectivity index (χ4v) is 3.38. The monoisotopic (exact) mass is 284 g/mol. The van der Waals surface area contributed by atoms with Gasteiger partial charge in [-0.3, -0.25) is 4.79 Å². The molecule has 6 heteroatoms. The summed E-state index contributed by atoms with van der Waals surface area (Å²) in [6.07, 6.45) is 4.15. The molecule has 2 atom stereocenters. The number of thioether (sulfide) groups is 1. The number of esters is 1. The summed E-state index contributed by atoms with van der Waals surface area (Å²) < 4.78 is 10.3. The van der Waals surface area contributed by atoms with Crippen molar-refractivity contribution in [3.05, 3.63) is 11.7 Å². The number of carbonyl (C=O) groups is 1. The van der Waals surface area contributed by atoms with Crippen molar-refractivity contribution in [1.29, 1.82) is 0 Å². The van der Waals surface area contributed by atoms with Crippen LogP contribution < -0.4 is 0 Å². The maximum Gasteiger partial charge on any atom is 0.318 e. The van der Waals surface area contributed by atoms with E-state index in [2.05, 4.69) is 10.1 Å². The van der Waals surface area contributed by atoms with E-state index in [4.69, 9.17) is 9.26 Å². The van der Waals surface area contributed by atoms with Crippen molar-refractivity contribution in [3.63, 3.8) is 0 Å². The lowest BCUT2D eigenvalue weighted by Crippen LogP contribution is -2.15. The Morgan fingerprint density at radius 2 is 2.37 bits per heavy atom. The smallest absolute Gasteiger partial charge is 0.318 e. The predicted octanol–water partition coefficient (Wildman–Crippen LogP) is 3.08. The van der Waals surface area contributed by atoms with Crippen LogP contribution in [0.4, 0.5) is 0 Å². The number of hydrogen-bond acceptors (Lipinski definition) is 6. The summed E-state index contributed by atoms with van der Waals surface area (Å²) in [5, 5.41) is 4.35. The Kier molecular flexibility index (Phi) is 5.24. The van der Waals surface area contributed by atoms with Crippen LogP contribution in [0.25, 0.3) is 0 Å². The summed E-state index contributed by atoms with van der Waals surface area (Å²) in [6, 6.07) is 0. The molecule has 1 aromatic heterocycles. The first-order valence-corrected chi connectivity index (χ1v) is 7.92. The SMILES string of the molecule is CCOC(=O)C(CC)c1nc(C2CCCCS2)no1. The Morgan fingerprint density at radius 3 is 3.00 bits per heavy atom. The molecule has 0 radical (unpaired) electrons. The maximum absolute atomic E-state index is 11.8. The Labute approximate surface area is 117 Å². The van der Waals surface area contributed by atoms with Crippen LogP contribution in [0.1, 0.15) is 62.4 Å². The van der Waals surface area contributed by atoms with Gasteiger partial charge in [-0.15, -0.1) is 0 Å². The summed E-state index contributed by atoms with van der Waals surface area (Å²) in [7, 11) is 0. The minimum absolute atomic E-state index is 0.281. The molecule has 1 fully saturated rings. The first-order valence-electron chi connectivity index (χ1n) is 6.88. The summed E-state index contributed by atoms with van der Waals surface area (Å²) in [6.45, 7) is 4.08. The minimum Gasteiger partial charge on any atom is -0.465 e. The highest BCUT2D eigenvalue weighted by atomic mass is 32.2. The molecule has 106 valence electrons. The molecule has 1 aliphatic heterocycles. The molecule has 1 aliphatic rings. The van der Waals surface area contributed by atoms with Gasteiger partial charge in [-0.25, -0.2) is 0 Å². The van der Waals surface area contributed by atoms with Crippen molar-refractivity contribution in [2.24, 2.45) is 0 Å². The van der Waals surface area contributed by atoms with Crippen LogP contribution in [0, 0.1) is 0 Å². The normalized spacial score (nSPS) is 21.1. The van der Waals surface area contributed by atoms with E-state index in [9.17, 15) is 4.79 Å². The topological polar surface area (TPSA) is 65.2 Å². The summed E-state index contributed by atoms with van der Waals surface area (Å²) >= 11 is 1.87. The lowest BCUT2D eigenvalue weighted by molar-refractivity contribution is -0.145. The van der Waals surface area contributed by atoms with E-state index in [0.29, 0.717) is 24.2 Å². The highest BCUT2D eigenvalue weighted by Crippen LogP contribution is 2.37. The summed E-state index contributed by atoms with van der Waals surface area (Å²) in [5.74, 6) is 1.54. The fraction of sp³-hybridized carbons (Fsp3) is 0.769. The van der Waals surface area contributed by atoms with E-state index in [1.54, 1.807) is 6.92 Å². The molecule has 2 heterocycles. The van der Waals surface area contributed by atoms with Gasteiger partial charge < -0.3 is 9.26 Å². The van der Waals surface area contributed by atoms with Gasteiger partial charge in [0, 0.05) is 0 Å². The molecule has 0 amide bonds. The highest BCUT2D eigenvalue weighted by Gasteiger charge is 2.28. The average molecular weight is 284 g/mol. The molecule has 2 rings (SSSR count). The fourth-order valence-electron chi connectivity index (χ4n) is 2.15. The third kappa shape index (κ3) is 3.49. The Morgan fingerprint density at radius 1 is 1.53 bits per heavy atom. The lowest BCUT2D eigenvalue weighted by atomic mass is 10.1. The van der Waals surface area contributed by atoms with E-state index in [0.717, 1.165) is 18.0 Å². The van der Waals surface area contributed by atoms with Crippen LogP contribution in [-0.2, 0) is 9.53 Å². The molecular weight excluding hydrogens is 264 g/mol. The number of rotatable bonds is 5. The Balaban J connectivity index is 2.07. The van der Waals surface area contributed by atoms with Gasteiger partial charge in [0.1, 0.15) is 5.92 Å². The van der Waals surface area contributed by atoms with Gasteiger partial charge in [0.2, 0.25) is 5.89 Å². The van der Waals surface area contributed by atoms with Crippen molar-refractivity contribution in [1.82, 2.24) is 10.1 Å². The van der Waals surface area contributed by atoms with Crippen LogP contribution in [0.3, 0.4) is 0 Å². The van der Waals surface area contributed by atoms with Crippen LogP contribution in [-0.4, -0.2) is 28.5 Å². The number of aromatic nitrogens is 2. The molecule has 5 nitrogen and oxygen atoms in total. The van der Waals surface area contributed by atoms with Crippen molar-refractivity contribution >= 4 is 17.7 Å². The third-order valence-electron chi connectivity index (χ3n) is 3.20. The summed E-state index contributed by atoms with van der Waals surface area (Å²) in [4.78, 5) is 16.2. The molecule has 0 bridgehead atoms. The minimum atomic E-state index is -0.435. The van der Waals surface area contributed by atoms with Crippen molar-refractivity contribution in [2.45, 2.75) is 50.7 Å². The van der Waals surface area contributed by atoms with E-state index in [1.165, 1.54) is 12.8 Å². The first-order chi connectivity index (χ1) is 9.26. The van der Waals surface area contributed by atoms with Gasteiger partial charge in [-0.05, 0) is 31.9 Å². The van der Waals surface area contributed by atoms with Crippen LogP contribution >= 0.6 is 11.8 Å². The maximum atomic E-state index is 11.8. The van der Waals surface area contributed by atoms with Crippen LogP contribution in [0.2, 0.25) is 0 Å². The molecule has 1 aromatic rings. The number of ether oxygens (including phenoxy) is 1. The number of hydrogen-bond donors (Lipinski definition) is 0. The van der Waals surface area contributed by atoms with E-state index in [1.807, 2.05) is 18.7 Å². The second kappa shape index (κ2) is 6.93. The van der Waals surface area contributed by atoms with Gasteiger partial charge in [0.05, 0.1) is 11.9 Å². The highest BCUT2D eigenvalue weighted by molar-refractivity contribution is 7.99. The van der Waals surface area contributed by atoms with Crippen molar-refractivity contribution in [2.75, 3.05) is 12.4 Å². The van der Waals surface area contributed by atoms with Crippen molar-refractivity contribution < 1.29 is 14.1 Å². The standard InChI is InChI=1S/C13H20N2O3S/c1-3-9(13(16)17-4-2)12-14-11(15-18-12)10-7-5-6-8-19-10/h9-10H,3-8H2,1-2H3. The second-order valence-electron chi connectivity index (χ2n) is 4.56. The van der Waals surface area contributed by atoms with Crippen molar-refractivity contribution in [3.8, 4) is 0 Å². The third-order valence-corrected chi connectivity index (χ3v) is 4.58. The molecule has 0 aliphatic carbocycles. The Hall–Kier alpha value is -1.04. The quantitative estimate of drug-likeness (QED) is 0.774. The van der Waals surface area contributed by atoms with E-state index < -0.39 is 5.92 Å². The number of nitrogens with zero attached hydrogens (tertiary/aromatic N) is 2. The summed E-state index contributed by atoms with van der Waals surface area (Å²) in [5.41, 5.74) is 0. The van der Waals surface area contributed by atoms with Gasteiger partial charge in [0.15, 0.2) is 5.82 Å². The molecule has 2 unspecified atom stereocenters. The van der Waals surface area contributed by atoms with Gasteiger partial charge in [-0.2, -0.15) is 16.7 Å². The first kappa shape index (κ1) is 14.4. The molecular formula is C13H20N2O3S. The van der Waals surface area contributed by atoms with Crippen LogP contribution in [0.15, 0.2) is 4.52 Å². The number of carbonyl (C=O) groups excluding carboxylic acids is 1. The van der Waals surface area contributed by atoms with E-state index >= 15 is 0 Å². The van der Waals surface area contributed by atoms with E-state index in [-0.39, 0.29) is 5.97 Å². The average Bonchev–Trinajstić information content (AvgIpc) is 2.90. The Bertz CT molecular complexity index is 416. The van der Waals surface area contributed by atoms with Crippen LogP contribution in [0.5, 0.6) is 0 Å². The van der Waals surface area contributed by atoms with Gasteiger partial charge in [0.25, 0.3) is 0 Å². The molecule has 0 aromatic carbocycles. The molecule has 19 heavy (non-hydrogen) atoms. The molecule has 0 N–H and O–H groups in total. The zero-order valence-corrected chi connectivity index (χ0v) is 12.2. The predicted molar refractivity (Wildman–Crippen MR) is 73.0 cm³/mol. The molecule has 0 saturated carbocycles. The molecule has 1 saturated heterocycles. The zero-order valence-electron chi connectivity index (χ0n) is 11.4. The molecule has 0 spiro atoms. The van der Waals surface area contributed by atoms with Gasteiger partial charge in [-0.1, -0.05) is 18.5 Å². The largest absolute Gasteiger partial charge is 0.465 e. The van der Waals surface area contributed by atoms with Gasteiger partial charge >= 0.3 is 5.97 Å².